The van der Waals surface area contributed by atoms with Crippen LogP contribution in [-0.2, 0) is 0 Å². The highest BCUT2D eigenvalue weighted by molar-refractivity contribution is 7.09. The predicted octanol–water partition coefficient (Wildman–Crippen LogP) is 1.84. The minimum absolute atomic E-state index is 0.351. The average molecular weight is 215 g/mol. The average Bonchev–Trinajstić information content (AvgIpc) is 2.47. The Kier molecular flexibility index (Phi) is 3.44. The van der Waals surface area contributed by atoms with Gasteiger partial charge in [-0.1, -0.05) is 13.8 Å². The molecule has 0 spiro atoms. The number of anilines is 1. The van der Waals surface area contributed by atoms with Gasteiger partial charge in [0.2, 0.25) is 5.13 Å². The Bertz CT molecular complexity index is 290. The first-order chi connectivity index (χ1) is 6.38. The number of rotatable bonds is 4. The highest BCUT2D eigenvalue weighted by atomic mass is 32.1. The van der Waals surface area contributed by atoms with Crippen LogP contribution in [0.15, 0.2) is 0 Å². The van der Waals surface area contributed by atoms with E-state index >= 15 is 0 Å². The van der Waals surface area contributed by atoms with Crippen LogP contribution in [0.25, 0.3) is 0 Å². The fourth-order valence-electron chi connectivity index (χ4n) is 0.833. The van der Waals surface area contributed by atoms with Crippen molar-refractivity contribution in [1.29, 1.82) is 0 Å². The van der Waals surface area contributed by atoms with Crippen LogP contribution in [0.3, 0.4) is 0 Å². The second-order valence-corrected chi connectivity index (χ2v) is 5.03. The van der Waals surface area contributed by atoms with Crippen LogP contribution in [0.2, 0.25) is 0 Å². The third-order valence-corrected chi connectivity index (χ3v) is 2.32. The molecule has 0 aromatic carbocycles. The Labute approximate surface area is 88.6 Å². The summed E-state index contributed by atoms with van der Waals surface area (Å²) in [5, 5.41) is 13.3. The van der Waals surface area contributed by atoms with Crippen LogP contribution < -0.4 is 5.32 Å². The van der Waals surface area contributed by atoms with Crippen LogP contribution in [0.1, 0.15) is 39.4 Å². The number of hydrogen-bond donors (Lipinski definition) is 2. The van der Waals surface area contributed by atoms with Crippen molar-refractivity contribution in [3.8, 4) is 0 Å². The molecule has 0 unspecified atom stereocenters. The summed E-state index contributed by atoms with van der Waals surface area (Å²) in [6.07, 6.45) is 0. The summed E-state index contributed by atoms with van der Waals surface area (Å²) in [7, 11) is 0. The Hall–Kier alpha value is -0.680. The third kappa shape index (κ3) is 3.59. The van der Waals surface area contributed by atoms with Crippen LogP contribution >= 0.6 is 11.5 Å². The van der Waals surface area contributed by atoms with Gasteiger partial charge < -0.3 is 10.4 Å². The number of hydrogen-bond acceptors (Lipinski definition) is 5. The van der Waals surface area contributed by atoms with E-state index in [-0.39, 0.29) is 0 Å². The molecule has 0 radical (unpaired) electrons. The molecule has 5 heteroatoms. The van der Waals surface area contributed by atoms with Gasteiger partial charge in [0.1, 0.15) is 5.82 Å². The van der Waals surface area contributed by atoms with E-state index in [1.165, 1.54) is 11.5 Å². The van der Waals surface area contributed by atoms with Crippen LogP contribution in [-0.4, -0.2) is 26.6 Å². The summed E-state index contributed by atoms with van der Waals surface area (Å²) < 4.78 is 4.20. The van der Waals surface area contributed by atoms with Gasteiger partial charge in [-0.3, -0.25) is 0 Å². The second-order valence-electron chi connectivity index (χ2n) is 4.28. The number of nitrogens with one attached hydrogen (secondary N) is 1. The molecule has 0 fully saturated rings. The second kappa shape index (κ2) is 4.23. The van der Waals surface area contributed by atoms with Crippen molar-refractivity contribution in [2.75, 3.05) is 11.9 Å². The zero-order valence-corrected chi connectivity index (χ0v) is 9.85. The highest BCUT2D eigenvalue weighted by Crippen LogP contribution is 2.17. The maximum Gasteiger partial charge on any atom is 0.202 e. The molecule has 0 atom stereocenters. The van der Waals surface area contributed by atoms with Crippen molar-refractivity contribution >= 4 is 16.7 Å². The van der Waals surface area contributed by atoms with Crippen molar-refractivity contribution < 1.29 is 5.11 Å². The predicted molar refractivity (Wildman–Crippen MR) is 58.8 cm³/mol. The number of nitrogens with zero attached hydrogens (tertiary/aromatic N) is 2. The number of aromatic nitrogens is 2. The summed E-state index contributed by atoms with van der Waals surface area (Å²) in [5.74, 6) is 1.21. The maximum atomic E-state index is 9.49. The molecular formula is C9H17N3OS. The topological polar surface area (TPSA) is 58.0 Å². The van der Waals surface area contributed by atoms with Gasteiger partial charge in [0, 0.05) is 24.0 Å². The van der Waals surface area contributed by atoms with Gasteiger partial charge >= 0.3 is 0 Å². The van der Waals surface area contributed by atoms with Gasteiger partial charge in [-0.2, -0.15) is 4.37 Å². The molecule has 1 heterocycles. The van der Waals surface area contributed by atoms with E-state index in [1.54, 1.807) is 13.8 Å². The van der Waals surface area contributed by atoms with E-state index < -0.39 is 5.60 Å². The summed E-state index contributed by atoms with van der Waals surface area (Å²) in [5.41, 5.74) is -0.719. The van der Waals surface area contributed by atoms with E-state index in [2.05, 4.69) is 28.5 Å². The lowest BCUT2D eigenvalue weighted by Crippen LogP contribution is -2.29. The SMILES string of the molecule is CC(C)c1nsc(NCC(C)(C)O)n1. The minimum Gasteiger partial charge on any atom is -0.389 e. The van der Waals surface area contributed by atoms with Gasteiger partial charge in [-0.15, -0.1) is 0 Å². The minimum atomic E-state index is -0.719. The summed E-state index contributed by atoms with van der Waals surface area (Å²) in [6, 6.07) is 0. The Morgan fingerprint density at radius 1 is 1.50 bits per heavy atom. The highest BCUT2D eigenvalue weighted by Gasteiger charge is 2.13. The molecule has 14 heavy (non-hydrogen) atoms. The van der Waals surface area contributed by atoms with Crippen molar-refractivity contribution in [2.24, 2.45) is 0 Å². The summed E-state index contributed by atoms with van der Waals surface area (Å²) >= 11 is 1.34. The van der Waals surface area contributed by atoms with Gasteiger partial charge in [-0.05, 0) is 13.8 Å². The molecule has 2 N–H and O–H groups in total. The molecule has 0 aliphatic heterocycles. The fraction of sp³-hybridized carbons (Fsp3) is 0.778. The lowest BCUT2D eigenvalue weighted by Gasteiger charge is -2.16. The molecule has 0 saturated carbocycles. The fourth-order valence-corrected chi connectivity index (χ4v) is 1.54. The molecular weight excluding hydrogens is 198 g/mol. The smallest absolute Gasteiger partial charge is 0.202 e. The third-order valence-electron chi connectivity index (χ3n) is 1.63. The van der Waals surface area contributed by atoms with E-state index in [4.69, 9.17) is 0 Å². The van der Waals surface area contributed by atoms with Crippen LogP contribution in [0.4, 0.5) is 5.13 Å². The van der Waals surface area contributed by atoms with Gasteiger partial charge in [0.05, 0.1) is 5.60 Å². The summed E-state index contributed by atoms with van der Waals surface area (Å²) in [4.78, 5) is 4.30. The first kappa shape index (κ1) is 11.4. The zero-order chi connectivity index (χ0) is 10.8. The van der Waals surface area contributed by atoms with E-state index in [1.807, 2.05) is 0 Å². The quantitative estimate of drug-likeness (QED) is 0.804. The molecule has 0 bridgehead atoms. The van der Waals surface area contributed by atoms with E-state index in [0.717, 1.165) is 11.0 Å². The lowest BCUT2D eigenvalue weighted by atomic mass is 10.1. The summed E-state index contributed by atoms with van der Waals surface area (Å²) in [6.45, 7) is 8.11. The Morgan fingerprint density at radius 2 is 2.14 bits per heavy atom. The standard InChI is InChI=1S/C9H17N3OS/c1-6(2)7-11-8(14-12-7)10-5-9(3,4)13/h6,13H,5H2,1-4H3,(H,10,11,12). The molecule has 1 rings (SSSR count). The Morgan fingerprint density at radius 3 is 2.57 bits per heavy atom. The molecule has 0 amide bonds. The van der Waals surface area contributed by atoms with Crippen LogP contribution in [0, 0.1) is 0 Å². The molecule has 80 valence electrons. The van der Waals surface area contributed by atoms with Crippen LogP contribution in [0.5, 0.6) is 0 Å². The first-order valence-corrected chi connectivity index (χ1v) is 5.46. The van der Waals surface area contributed by atoms with Crippen molar-refractivity contribution in [1.82, 2.24) is 9.36 Å². The Balaban J connectivity index is 2.52. The van der Waals surface area contributed by atoms with E-state index in [0.29, 0.717) is 12.5 Å². The molecule has 1 aromatic rings. The van der Waals surface area contributed by atoms with Crippen molar-refractivity contribution in [3.05, 3.63) is 5.82 Å². The molecule has 4 nitrogen and oxygen atoms in total. The largest absolute Gasteiger partial charge is 0.389 e. The molecule has 0 aliphatic rings. The van der Waals surface area contributed by atoms with Crippen molar-refractivity contribution in [3.63, 3.8) is 0 Å². The van der Waals surface area contributed by atoms with E-state index in [9.17, 15) is 5.11 Å². The monoisotopic (exact) mass is 215 g/mol. The molecule has 0 aliphatic carbocycles. The van der Waals surface area contributed by atoms with Crippen molar-refractivity contribution in [2.45, 2.75) is 39.2 Å². The van der Waals surface area contributed by atoms with Gasteiger partial charge in [0.25, 0.3) is 0 Å². The molecule has 0 saturated heterocycles. The van der Waals surface area contributed by atoms with Gasteiger partial charge in [-0.25, -0.2) is 4.98 Å². The normalized spacial score (nSPS) is 12.1. The zero-order valence-electron chi connectivity index (χ0n) is 9.03. The maximum absolute atomic E-state index is 9.49. The lowest BCUT2D eigenvalue weighted by molar-refractivity contribution is 0.0945. The van der Waals surface area contributed by atoms with Gasteiger partial charge in [0.15, 0.2) is 0 Å². The first-order valence-electron chi connectivity index (χ1n) is 4.68. The number of aliphatic hydroxyl groups is 1. The molecule has 1 aromatic heterocycles.